The summed E-state index contributed by atoms with van der Waals surface area (Å²) in [7, 11) is 0. The van der Waals surface area contributed by atoms with Crippen LogP contribution in [0.3, 0.4) is 0 Å². The fraction of sp³-hybridized carbons (Fsp3) is 0.133. The molecule has 22 heavy (non-hydrogen) atoms. The third kappa shape index (κ3) is 4.19. The van der Waals surface area contributed by atoms with E-state index in [1.165, 1.54) is 12.3 Å². The van der Waals surface area contributed by atoms with Gasteiger partial charge in [-0.05, 0) is 24.3 Å². The van der Waals surface area contributed by atoms with E-state index in [4.69, 9.17) is 32.7 Å². The summed E-state index contributed by atoms with van der Waals surface area (Å²) >= 11 is 11.6. The van der Waals surface area contributed by atoms with E-state index in [9.17, 15) is 9.59 Å². The Morgan fingerprint density at radius 3 is 2.14 bits per heavy atom. The fourth-order valence-electron chi connectivity index (χ4n) is 1.59. The Balaban J connectivity index is 1.80. The van der Waals surface area contributed by atoms with Gasteiger partial charge in [-0.3, -0.25) is 0 Å². The molecule has 0 spiro atoms. The van der Waals surface area contributed by atoms with Crippen molar-refractivity contribution in [3.05, 3.63) is 63.9 Å². The second-order valence-corrected chi connectivity index (χ2v) is 4.86. The van der Waals surface area contributed by atoms with Crippen LogP contribution >= 0.6 is 23.2 Å². The molecule has 0 saturated heterocycles. The van der Waals surface area contributed by atoms with Crippen molar-refractivity contribution in [1.29, 1.82) is 0 Å². The number of aromatic nitrogens is 1. The van der Waals surface area contributed by atoms with Crippen molar-refractivity contribution < 1.29 is 19.1 Å². The molecular formula is C15H11Cl2NO4. The zero-order chi connectivity index (χ0) is 15.9. The van der Waals surface area contributed by atoms with E-state index < -0.39 is 11.9 Å². The highest BCUT2D eigenvalue weighted by atomic mass is 35.5. The molecule has 114 valence electrons. The van der Waals surface area contributed by atoms with Crippen LogP contribution in [0.4, 0.5) is 0 Å². The monoisotopic (exact) mass is 339 g/mol. The highest BCUT2D eigenvalue weighted by molar-refractivity contribution is 6.33. The van der Waals surface area contributed by atoms with Crippen molar-refractivity contribution in [1.82, 2.24) is 4.98 Å². The van der Waals surface area contributed by atoms with Crippen LogP contribution in [-0.4, -0.2) is 30.1 Å². The maximum absolute atomic E-state index is 11.8. The molecule has 1 heterocycles. The SMILES string of the molecule is O=C(OCCOC(=O)c1cccnc1Cl)c1ccccc1Cl. The topological polar surface area (TPSA) is 65.5 Å². The standard InChI is InChI=1S/C15H11Cl2NO4/c16-12-6-2-1-4-10(12)14(19)21-8-9-22-15(20)11-5-3-7-18-13(11)17/h1-7H,8-9H2. The molecule has 0 fully saturated rings. The van der Waals surface area contributed by atoms with E-state index in [1.54, 1.807) is 30.3 Å². The number of carbonyl (C=O) groups excluding carboxylic acids is 2. The Hall–Kier alpha value is -2.11. The average Bonchev–Trinajstić information content (AvgIpc) is 2.52. The van der Waals surface area contributed by atoms with Gasteiger partial charge < -0.3 is 9.47 Å². The summed E-state index contributed by atoms with van der Waals surface area (Å²) < 4.78 is 9.93. The molecule has 0 aliphatic heterocycles. The Labute approximate surface area is 136 Å². The zero-order valence-electron chi connectivity index (χ0n) is 11.3. The average molecular weight is 340 g/mol. The Morgan fingerprint density at radius 1 is 0.909 bits per heavy atom. The van der Waals surface area contributed by atoms with Gasteiger partial charge >= 0.3 is 11.9 Å². The van der Waals surface area contributed by atoms with Gasteiger partial charge in [0.05, 0.1) is 16.1 Å². The lowest BCUT2D eigenvalue weighted by Gasteiger charge is -2.07. The van der Waals surface area contributed by atoms with E-state index in [-0.39, 0.29) is 29.5 Å². The smallest absolute Gasteiger partial charge is 0.341 e. The highest BCUT2D eigenvalue weighted by Crippen LogP contribution is 2.16. The summed E-state index contributed by atoms with van der Waals surface area (Å²) in [5, 5.41) is 0.354. The van der Waals surface area contributed by atoms with Crippen molar-refractivity contribution in [2.24, 2.45) is 0 Å². The molecule has 2 aromatic rings. The minimum atomic E-state index is -0.633. The summed E-state index contributed by atoms with van der Waals surface area (Å²) in [5.41, 5.74) is 0.410. The summed E-state index contributed by atoms with van der Waals surface area (Å²) in [5.74, 6) is -1.21. The van der Waals surface area contributed by atoms with E-state index >= 15 is 0 Å². The lowest BCUT2D eigenvalue weighted by atomic mass is 10.2. The molecule has 0 aliphatic carbocycles. The summed E-state index contributed by atoms with van der Waals surface area (Å²) in [6.07, 6.45) is 1.46. The second kappa shape index (κ2) is 7.77. The summed E-state index contributed by atoms with van der Waals surface area (Å²) in [6, 6.07) is 9.58. The molecule has 0 saturated carbocycles. The Bertz CT molecular complexity index is 631. The number of halogens is 2. The lowest BCUT2D eigenvalue weighted by Crippen LogP contribution is -2.14. The van der Waals surface area contributed by atoms with Crippen LogP contribution in [-0.2, 0) is 9.47 Å². The lowest BCUT2D eigenvalue weighted by molar-refractivity contribution is 0.0265. The quantitative estimate of drug-likeness (QED) is 0.474. The summed E-state index contributed by atoms with van der Waals surface area (Å²) in [4.78, 5) is 27.3. The largest absolute Gasteiger partial charge is 0.458 e. The van der Waals surface area contributed by atoms with Gasteiger partial charge in [-0.25, -0.2) is 14.6 Å². The van der Waals surface area contributed by atoms with Crippen LogP contribution in [0.15, 0.2) is 42.6 Å². The number of hydrogen-bond donors (Lipinski definition) is 0. The van der Waals surface area contributed by atoms with Gasteiger partial charge in [0.25, 0.3) is 0 Å². The van der Waals surface area contributed by atoms with E-state index in [1.807, 2.05) is 0 Å². The molecule has 0 unspecified atom stereocenters. The van der Waals surface area contributed by atoms with Crippen LogP contribution in [0.5, 0.6) is 0 Å². The number of hydrogen-bond acceptors (Lipinski definition) is 5. The number of rotatable bonds is 5. The first kappa shape index (κ1) is 16.3. The Morgan fingerprint density at radius 2 is 1.50 bits per heavy atom. The molecule has 7 heteroatoms. The van der Waals surface area contributed by atoms with Crippen LogP contribution in [0.25, 0.3) is 0 Å². The molecule has 0 radical (unpaired) electrons. The minimum absolute atomic E-state index is 0.0561. The molecule has 0 bridgehead atoms. The number of carbonyl (C=O) groups is 2. The third-order valence-electron chi connectivity index (χ3n) is 2.62. The third-order valence-corrected chi connectivity index (χ3v) is 3.25. The minimum Gasteiger partial charge on any atom is -0.458 e. The highest BCUT2D eigenvalue weighted by Gasteiger charge is 2.13. The number of esters is 2. The first-order valence-electron chi connectivity index (χ1n) is 6.29. The molecule has 1 aromatic heterocycles. The van der Waals surface area contributed by atoms with Crippen molar-refractivity contribution in [2.75, 3.05) is 13.2 Å². The summed E-state index contributed by atoms with van der Waals surface area (Å²) in [6.45, 7) is -0.187. The molecule has 5 nitrogen and oxygen atoms in total. The van der Waals surface area contributed by atoms with Gasteiger partial charge in [-0.1, -0.05) is 35.3 Å². The van der Waals surface area contributed by atoms with E-state index in [2.05, 4.69) is 4.98 Å². The first-order valence-corrected chi connectivity index (χ1v) is 7.04. The molecule has 0 atom stereocenters. The molecule has 0 aliphatic rings. The van der Waals surface area contributed by atoms with E-state index in [0.717, 1.165) is 0 Å². The van der Waals surface area contributed by atoms with Crippen LogP contribution in [0, 0.1) is 0 Å². The maximum Gasteiger partial charge on any atom is 0.341 e. The number of benzene rings is 1. The first-order chi connectivity index (χ1) is 10.6. The number of nitrogens with zero attached hydrogens (tertiary/aromatic N) is 1. The molecule has 1 aromatic carbocycles. The van der Waals surface area contributed by atoms with Gasteiger partial charge in [-0.15, -0.1) is 0 Å². The molecule has 2 rings (SSSR count). The normalized spacial score (nSPS) is 10.1. The zero-order valence-corrected chi connectivity index (χ0v) is 12.8. The van der Waals surface area contributed by atoms with E-state index in [0.29, 0.717) is 5.02 Å². The van der Waals surface area contributed by atoms with Crippen LogP contribution in [0.1, 0.15) is 20.7 Å². The number of pyridine rings is 1. The van der Waals surface area contributed by atoms with Crippen molar-refractivity contribution in [2.45, 2.75) is 0 Å². The van der Waals surface area contributed by atoms with Crippen LogP contribution in [0.2, 0.25) is 10.2 Å². The molecule has 0 amide bonds. The predicted octanol–water partition coefficient (Wildman–Crippen LogP) is 3.40. The predicted molar refractivity (Wildman–Crippen MR) is 81.3 cm³/mol. The maximum atomic E-state index is 11.8. The Kier molecular flexibility index (Phi) is 5.75. The molecule has 0 N–H and O–H groups in total. The van der Waals surface area contributed by atoms with Crippen molar-refractivity contribution >= 4 is 35.1 Å². The number of ether oxygens (including phenoxy) is 2. The van der Waals surface area contributed by atoms with Crippen LogP contribution < -0.4 is 0 Å². The van der Waals surface area contributed by atoms with Crippen molar-refractivity contribution in [3.8, 4) is 0 Å². The van der Waals surface area contributed by atoms with Gasteiger partial charge in [0, 0.05) is 6.20 Å². The van der Waals surface area contributed by atoms with Gasteiger partial charge in [0.2, 0.25) is 0 Å². The van der Waals surface area contributed by atoms with Gasteiger partial charge in [-0.2, -0.15) is 0 Å². The second-order valence-electron chi connectivity index (χ2n) is 4.09. The molecular weight excluding hydrogens is 329 g/mol. The van der Waals surface area contributed by atoms with Gasteiger partial charge in [0.1, 0.15) is 18.4 Å². The van der Waals surface area contributed by atoms with Crippen molar-refractivity contribution in [3.63, 3.8) is 0 Å². The van der Waals surface area contributed by atoms with Gasteiger partial charge in [0.15, 0.2) is 0 Å². The fourth-order valence-corrected chi connectivity index (χ4v) is 2.00.